The number of carboxylic acid groups (broad SMARTS) is 1. The molecule has 0 aliphatic carbocycles. The number of hydrogen-bond donors (Lipinski definition) is 3. The van der Waals surface area contributed by atoms with E-state index in [0.29, 0.717) is 12.6 Å². The van der Waals surface area contributed by atoms with Gasteiger partial charge in [-0.3, -0.25) is 10.1 Å². The van der Waals surface area contributed by atoms with Crippen LogP contribution in [0.25, 0.3) is 0 Å². The Morgan fingerprint density at radius 2 is 2.17 bits per heavy atom. The van der Waals surface area contributed by atoms with E-state index in [9.17, 15) is 4.79 Å². The van der Waals surface area contributed by atoms with Gasteiger partial charge in [-0.25, -0.2) is 0 Å². The van der Waals surface area contributed by atoms with E-state index >= 15 is 0 Å². The number of carbonyl (C=O) groups is 1. The van der Waals surface area contributed by atoms with Gasteiger partial charge in [0.25, 0.3) is 0 Å². The van der Waals surface area contributed by atoms with Crippen LogP contribution < -0.4 is 10.6 Å². The number of rotatable bonds is 1. The lowest BCUT2D eigenvalue weighted by Gasteiger charge is -2.22. The molecule has 72 valence electrons. The summed E-state index contributed by atoms with van der Waals surface area (Å²) in [6.07, 6.45) is 0.738. The smallest absolute Gasteiger partial charge is 0.325 e. The minimum absolute atomic E-state index is 0. The van der Waals surface area contributed by atoms with Crippen LogP contribution in [-0.4, -0.2) is 35.7 Å². The number of aliphatic carboxylic acids is 1. The molecule has 12 heavy (non-hydrogen) atoms. The summed E-state index contributed by atoms with van der Waals surface area (Å²) in [4.78, 5) is 10.7. The third-order valence-corrected chi connectivity index (χ3v) is 2.38. The summed E-state index contributed by atoms with van der Waals surface area (Å²) >= 11 is 0. The van der Waals surface area contributed by atoms with Crippen LogP contribution in [0.4, 0.5) is 0 Å². The molecule has 0 radical (unpaired) electrons. The van der Waals surface area contributed by atoms with Crippen LogP contribution in [0, 0.1) is 0 Å². The highest BCUT2D eigenvalue weighted by molar-refractivity contribution is 5.85. The predicted molar refractivity (Wildman–Crippen MR) is 49.3 cm³/mol. The van der Waals surface area contributed by atoms with E-state index in [0.717, 1.165) is 13.0 Å². The molecule has 2 aliphatic heterocycles. The zero-order valence-corrected chi connectivity index (χ0v) is 8.00. The minimum atomic E-state index is -0.722. The van der Waals surface area contributed by atoms with Crippen molar-refractivity contribution in [2.75, 3.05) is 13.1 Å². The second-order valence-electron chi connectivity index (χ2n) is 3.05. The molecule has 2 heterocycles. The molecule has 6 heteroatoms. The zero-order chi connectivity index (χ0) is 7.19. The molecule has 4 nitrogen and oxygen atoms in total. The van der Waals surface area contributed by atoms with Crippen molar-refractivity contribution in [3.8, 4) is 0 Å². The van der Waals surface area contributed by atoms with Gasteiger partial charge in [0.2, 0.25) is 0 Å². The summed E-state index contributed by atoms with van der Waals surface area (Å²) in [5.74, 6) is -0.722. The van der Waals surface area contributed by atoms with Gasteiger partial charge in [0.05, 0.1) is 0 Å². The van der Waals surface area contributed by atoms with Crippen molar-refractivity contribution >= 4 is 30.8 Å². The first-order valence-corrected chi connectivity index (χ1v) is 3.45. The maximum Gasteiger partial charge on any atom is 0.325 e. The van der Waals surface area contributed by atoms with Crippen LogP contribution >= 0.6 is 24.8 Å². The molecule has 1 unspecified atom stereocenters. The number of nitrogens with one attached hydrogen (secondary N) is 2. The average Bonchev–Trinajstić information content (AvgIpc) is 2.45. The van der Waals surface area contributed by atoms with E-state index in [4.69, 9.17) is 5.11 Å². The molecule has 2 atom stereocenters. The molecule has 0 saturated carbocycles. The van der Waals surface area contributed by atoms with Crippen molar-refractivity contribution in [1.29, 1.82) is 0 Å². The highest BCUT2D eigenvalue weighted by atomic mass is 35.5. The topological polar surface area (TPSA) is 61.4 Å². The van der Waals surface area contributed by atoms with Crippen molar-refractivity contribution in [3.63, 3.8) is 0 Å². The second kappa shape index (κ2) is 3.79. The number of carboxylic acids is 1. The molecule has 0 aromatic rings. The summed E-state index contributed by atoms with van der Waals surface area (Å²) in [5, 5.41) is 14.9. The lowest BCUT2D eigenvalue weighted by atomic mass is 10.0. The van der Waals surface area contributed by atoms with Crippen molar-refractivity contribution in [1.82, 2.24) is 10.6 Å². The van der Waals surface area contributed by atoms with E-state index in [1.165, 1.54) is 0 Å². The molecule has 2 fully saturated rings. The molecule has 2 aliphatic rings. The maximum atomic E-state index is 10.7. The Kier molecular flexibility index (Phi) is 3.78. The summed E-state index contributed by atoms with van der Waals surface area (Å²) in [6, 6.07) is 0.385. The van der Waals surface area contributed by atoms with Gasteiger partial charge in [-0.1, -0.05) is 0 Å². The first-order chi connectivity index (χ1) is 4.73. The summed E-state index contributed by atoms with van der Waals surface area (Å²) in [6.45, 7) is 1.37. The van der Waals surface area contributed by atoms with Gasteiger partial charge in [0, 0.05) is 19.1 Å². The van der Waals surface area contributed by atoms with E-state index in [1.807, 2.05) is 0 Å². The first-order valence-electron chi connectivity index (χ1n) is 3.45. The number of piperazine rings is 1. The molecule has 2 bridgehead atoms. The lowest BCUT2D eigenvalue weighted by molar-refractivity contribution is -0.143. The largest absolute Gasteiger partial charge is 0.480 e. The predicted octanol–water partition coefficient (Wildman–Crippen LogP) is -0.382. The number of fused-ring (bicyclic) bond motifs is 2. The minimum Gasteiger partial charge on any atom is -0.480 e. The van der Waals surface area contributed by atoms with Crippen LogP contribution in [-0.2, 0) is 4.79 Å². The maximum absolute atomic E-state index is 10.7. The first kappa shape index (κ1) is 12.0. The van der Waals surface area contributed by atoms with E-state index in [-0.39, 0.29) is 24.8 Å². The number of hydrogen-bond acceptors (Lipinski definition) is 3. The highest BCUT2D eigenvalue weighted by Crippen LogP contribution is 2.25. The summed E-state index contributed by atoms with van der Waals surface area (Å²) < 4.78 is 0. The fourth-order valence-electron chi connectivity index (χ4n) is 1.72. The summed E-state index contributed by atoms with van der Waals surface area (Å²) in [5.41, 5.74) is -0.634. The standard InChI is InChI=1S/C6H10N2O2.2ClH/c9-5(10)6-1-4(2-8-6)7-3-6;;/h4,7-8H,1-3H2,(H,9,10);2*1H/t4-,6?;;/m1../s1. The van der Waals surface area contributed by atoms with E-state index in [2.05, 4.69) is 10.6 Å². The lowest BCUT2D eigenvalue weighted by Crippen LogP contribution is -2.54. The van der Waals surface area contributed by atoms with E-state index in [1.54, 1.807) is 0 Å². The van der Waals surface area contributed by atoms with E-state index < -0.39 is 11.5 Å². The Morgan fingerprint density at radius 3 is 2.33 bits per heavy atom. The van der Waals surface area contributed by atoms with Gasteiger partial charge in [0.15, 0.2) is 0 Å². The summed E-state index contributed by atoms with van der Waals surface area (Å²) in [7, 11) is 0. The van der Waals surface area contributed by atoms with Gasteiger partial charge >= 0.3 is 5.97 Å². The molecular weight excluding hydrogens is 203 g/mol. The quantitative estimate of drug-likeness (QED) is 0.558. The molecule has 0 aromatic heterocycles. The van der Waals surface area contributed by atoms with Crippen LogP contribution in [0.2, 0.25) is 0 Å². The highest BCUT2D eigenvalue weighted by Gasteiger charge is 2.50. The average molecular weight is 215 g/mol. The van der Waals surface area contributed by atoms with Crippen molar-refractivity contribution in [2.45, 2.75) is 18.0 Å². The molecule has 2 saturated heterocycles. The van der Waals surface area contributed by atoms with Gasteiger partial charge in [-0.15, -0.1) is 24.8 Å². The third-order valence-electron chi connectivity index (χ3n) is 2.38. The fourth-order valence-corrected chi connectivity index (χ4v) is 1.72. The van der Waals surface area contributed by atoms with Gasteiger partial charge in [0.1, 0.15) is 5.54 Å². The fraction of sp³-hybridized carbons (Fsp3) is 0.833. The van der Waals surface area contributed by atoms with Gasteiger partial charge < -0.3 is 10.4 Å². The van der Waals surface area contributed by atoms with Crippen molar-refractivity contribution < 1.29 is 9.90 Å². The van der Waals surface area contributed by atoms with Crippen molar-refractivity contribution in [2.24, 2.45) is 0 Å². The van der Waals surface area contributed by atoms with Crippen LogP contribution in [0.1, 0.15) is 6.42 Å². The Bertz CT molecular complexity index is 180. The Hall–Kier alpha value is -0.0300. The van der Waals surface area contributed by atoms with Crippen molar-refractivity contribution in [3.05, 3.63) is 0 Å². The number of halogens is 2. The van der Waals surface area contributed by atoms with Crippen LogP contribution in [0.3, 0.4) is 0 Å². The normalized spacial score (nSPS) is 36.8. The molecule has 0 amide bonds. The molecule has 0 spiro atoms. The zero-order valence-electron chi connectivity index (χ0n) is 6.37. The van der Waals surface area contributed by atoms with Crippen LogP contribution in [0.15, 0.2) is 0 Å². The molecule has 0 aromatic carbocycles. The van der Waals surface area contributed by atoms with Gasteiger partial charge in [-0.05, 0) is 6.42 Å². The Balaban J connectivity index is 0.000000605. The van der Waals surface area contributed by atoms with Gasteiger partial charge in [-0.2, -0.15) is 0 Å². The third kappa shape index (κ3) is 1.52. The van der Waals surface area contributed by atoms with Crippen LogP contribution in [0.5, 0.6) is 0 Å². The molecule has 3 N–H and O–H groups in total. The second-order valence-corrected chi connectivity index (χ2v) is 3.05. The Morgan fingerprint density at radius 1 is 1.50 bits per heavy atom. The monoisotopic (exact) mass is 214 g/mol. The molecular formula is C6H12Cl2N2O2. The Labute approximate surface area is 82.9 Å². The molecule has 2 rings (SSSR count). The SMILES string of the molecule is Cl.Cl.O=C(O)C12CN[C@@H](CN1)C2.